The molecule has 0 N–H and O–H groups in total. The van der Waals surface area contributed by atoms with Crippen LogP contribution in [0.2, 0.25) is 0 Å². The van der Waals surface area contributed by atoms with E-state index < -0.39 is 0 Å². The molecule has 0 spiro atoms. The molecule has 1 atom stereocenters. The molecule has 0 radical (unpaired) electrons. The van der Waals surface area contributed by atoms with Crippen LogP contribution in [0.15, 0.2) is 194 Å². The van der Waals surface area contributed by atoms with Crippen LogP contribution < -0.4 is 4.90 Å². The van der Waals surface area contributed by atoms with Crippen molar-refractivity contribution in [2.24, 2.45) is 0 Å². The van der Waals surface area contributed by atoms with Crippen LogP contribution >= 0.6 is 0 Å². The molecular formula is C50H35N. The summed E-state index contributed by atoms with van der Waals surface area (Å²) in [5.41, 5.74) is 12.7. The van der Waals surface area contributed by atoms with Gasteiger partial charge in [0.1, 0.15) is 0 Å². The third-order valence-corrected chi connectivity index (χ3v) is 10.8. The Bertz CT molecular complexity index is 2710. The van der Waals surface area contributed by atoms with Gasteiger partial charge in [-0.05, 0) is 114 Å². The van der Waals surface area contributed by atoms with Gasteiger partial charge in [-0.1, -0.05) is 164 Å². The lowest BCUT2D eigenvalue weighted by molar-refractivity contribution is 0.743. The highest BCUT2D eigenvalue weighted by atomic mass is 15.2. The number of hydrogen-bond acceptors (Lipinski definition) is 1. The van der Waals surface area contributed by atoms with Gasteiger partial charge in [-0.25, -0.2) is 0 Å². The van der Waals surface area contributed by atoms with Crippen molar-refractivity contribution in [2.45, 2.75) is 12.5 Å². The number of fused-ring (bicyclic) bond motifs is 4. The van der Waals surface area contributed by atoms with Gasteiger partial charge in [0.05, 0.1) is 6.04 Å². The summed E-state index contributed by atoms with van der Waals surface area (Å²) in [6, 6.07) is 71.7. The molecule has 1 unspecified atom stereocenters. The maximum Gasteiger partial charge on any atom is 0.0632 e. The second-order valence-corrected chi connectivity index (χ2v) is 13.7. The number of rotatable bonds is 5. The SMILES string of the molecule is c1ccc(-c2c3ccccc3c(-c3ccc4ccccc4c3)c3ccc(-c4ccc(N5c6ccccc6CC5c5ccccc5)cc4)cc23)cc1. The van der Waals surface area contributed by atoms with Crippen molar-refractivity contribution in [2.75, 3.05) is 4.90 Å². The Labute approximate surface area is 298 Å². The molecule has 0 fully saturated rings. The van der Waals surface area contributed by atoms with E-state index in [-0.39, 0.29) is 6.04 Å². The summed E-state index contributed by atoms with van der Waals surface area (Å²) in [7, 11) is 0. The summed E-state index contributed by atoms with van der Waals surface area (Å²) in [6.07, 6.45) is 1.00. The second kappa shape index (κ2) is 12.2. The number of hydrogen-bond donors (Lipinski definition) is 0. The molecule has 1 aliphatic rings. The normalized spacial score (nSPS) is 14.0. The van der Waals surface area contributed by atoms with Crippen LogP contribution in [-0.2, 0) is 6.42 Å². The average molecular weight is 650 g/mol. The molecule has 240 valence electrons. The summed E-state index contributed by atoms with van der Waals surface area (Å²) in [5.74, 6) is 0. The fourth-order valence-electron chi connectivity index (χ4n) is 8.39. The van der Waals surface area contributed by atoms with Crippen LogP contribution in [-0.4, -0.2) is 0 Å². The zero-order chi connectivity index (χ0) is 33.7. The number of para-hydroxylation sites is 1. The van der Waals surface area contributed by atoms with E-state index in [1.54, 1.807) is 0 Å². The molecule has 0 saturated heterocycles. The maximum atomic E-state index is 2.52. The van der Waals surface area contributed by atoms with Gasteiger partial charge in [0.15, 0.2) is 0 Å². The number of benzene rings is 9. The van der Waals surface area contributed by atoms with Gasteiger partial charge in [0.25, 0.3) is 0 Å². The molecular weight excluding hydrogens is 615 g/mol. The summed E-state index contributed by atoms with van der Waals surface area (Å²) in [4.78, 5) is 2.52. The van der Waals surface area contributed by atoms with E-state index in [4.69, 9.17) is 0 Å². The van der Waals surface area contributed by atoms with Crippen molar-refractivity contribution in [3.63, 3.8) is 0 Å². The molecule has 1 aliphatic heterocycles. The lowest BCUT2D eigenvalue weighted by Crippen LogP contribution is -2.19. The monoisotopic (exact) mass is 649 g/mol. The summed E-state index contributed by atoms with van der Waals surface area (Å²) >= 11 is 0. The highest BCUT2D eigenvalue weighted by Crippen LogP contribution is 2.47. The largest absolute Gasteiger partial charge is 0.333 e. The van der Waals surface area contributed by atoms with Crippen molar-refractivity contribution in [1.29, 1.82) is 0 Å². The van der Waals surface area contributed by atoms with Crippen LogP contribution in [0, 0.1) is 0 Å². The highest BCUT2D eigenvalue weighted by Gasteiger charge is 2.31. The molecule has 0 aromatic heterocycles. The Morgan fingerprint density at radius 1 is 0.373 bits per heavy atom. The van der Waals surface area contributed by atoms with Crippen LogP contribution in [0.1, 0.15) is 17.2 Å². The standard InChI is InChI=1S/C50H35N/c1-3-14-36(15-4-1)48-33-40-19-9-12-22-47(40)51(48)42-28-25-35(26-29-42)39-27-30-45-46(32-39)49(37-16-5-2-6-17-37)43-20-10-11-21-44(43)50(45)41-24-23-34-13-7-8-18-38(34)31-41/h1-32,48H,33H2. The van der Waals surface area contributed by atoms with Gasteiger partial charge in [-0.2, -0.15) is 0 Å². The van der Waals surface area contributed by atoms with Crippen molar-refractivity contribution in [3.8, 4) is 33.4 Å². The Kier molecular flexibility index (Phi) is 7.03. The van der Waals surface area contributed by atoms with Crippen molar-refractivity contribution < 1.29 is 0 Å². The third kappa shape index (κ3) is 5.01. The number of anilines is 2. The molecule has 1 heterocycles. The molecule has 0 saturated carbocycles. The van der Waals surface area contributed by atoms with Gasteiger partial charge >= 0.3 is 0 Å². The first-order valence-corrected chi connectivity index (χ1v) is 17.9. The lowest BCUT2D eigenvalue weighted by atomic mass is 9.84. The predicted octanol–water partition coefficient (Wildman–Crippen LogP) is 13.6. The van der Waals surface area contributed by atoms with Crippen LogP contribution in [0.25, 0.3) is 65.7 Å². The average Bonchev–Trinajstić information content (AvgIpc) is 3.60. The van der Waals surface area contributed by atoms with Crippen LogP contribution in [0.4, 0.5) is 11.4 Å². The van der Waals surface area contributed by atoms with E-state index in [2.05, 4.69) is 199 Å². The van der Waals surface area contributed by atoms with Gasteiger partial charge in [0, 0.05) is 11.4 Å². The molecule has 0 amide bonds. The van der Waals surface area contributed by atoms with E-state index in [0.717, 1.165) is 6.42 Å². The van der Waals surface area contributed by atoms with E-state index in [1.165, 1.54) is 88.2 Å². The molecule has 1 heteroatoms. The Morgan fingerprint density at radius 3 is 1.75 bits per heavy atom. The quantitative estimate of drug-likeness (QED) is 0.168. The zero-order valence-corrected chi connectivity index (χ0v) is 28.2. The van der Waals surface area contributed by atoms with E-state index in [9.17, 15) is 0 Å². The van der Waals surface area contributed by atoms with E-state index in [1.807, 2.05) is 0 Å². The summed E-state index contributed by atoms with van der Waals surface area (Å²) < 4.78 is 0. The first-order chi connectivity index (χ1) is 25.3. The molecule has 51 heavy (non-hydrogen) atoms. The zero-order valence-electron chi connectivity index (χ0n) is 28.2. The van der Waals surface area contributed by atoms with Gasteiger partial charge < -0.3 is 4.90 Å². The minimum atomic E-state index is 0.269. The Balaban J connectivity index is 1.14. The highest BCUT2D eigenvalue weighted by molar-refractivity contribution is 6.22. The smallest absolute Gasteiger partial charge is 0.0632 e. The predicted molar refractivity (Wildman–Crippen MR) is 217 cm³/mol. The first kappa shape index (κ1) is 29.5. The Morgan fingerprint density at radius 2 is 0.961 bits per heavy atom. The molecule has 9 aromatic carbocycles. The van der Waals surface area contributed by atoms with Crippen LogP contribution in [0.3, 0.4) is 0 Å². The topological polar surface area (TPSA) is 3.24 Å². The van der Waals surface area contributed by atoms with Gasteiger partial charge in [0.2, 0.25) is 0 Å². The molecule has 0 bridgehead atoms. The summed E-state index contributed by atoms with van der Waals surface area (Å²) in [6.45, 7) is 0. The van der Waals surface area contributed by atoms with Crippen molar-refractivity contribution in [3.05, 3.63) is 205 Å². The molecule has 0 aliphatic carbocycles. The molecule has 1 nitrogen and oxygen atoms in total. The minimum absolute atomic E-state index is 0.269. The fourth-order valence-corrected chi connectivity index (χ4v) is 8.39. The summed E-state index contributed by atoms with van der Waals surface area (Å²) in [5, 5.41) is 7.59. The van der Waals surface area contributed by atoms with Crippen LogP contribution in [0.5, 0.6) is 0 Å². The Hall–Kier alpha value is -6.44. The molecule has 9 aromatic rings. The molecule has 10 rings (SSSR count). The van der Waals surface area contributed by atoms with E-state index >= 15 is 0 Å². The first-order valence-electron chi connectivity index (χ1n) is 17.9. The second-order valence-electron chi connectivity index (χ2n) is 13.7. The third-order valence-electron chi connectivity index (χ3n) is 10.8. The van der Waals surface area contributed by atoms with Gasteiger partial charge in [-0.3, -0.25) is 0 Å². The van der Waals surface area contributed by atoms with Crippen molar-refractivity contribution >= 4 is 43.7 Å². The number of nitrogens with zero attached hydrogens (tertiary/aromatic N) is 1. The minimum Gasteiger partial charge on any atom is -0.333 e. The fraction of sp³-hybridized carbons (Fsp3) is 0.0400. The maximum absolute atomic E-state index is 2.52. The van der Waals surface area contributed by atoms with E-state index in [0.29, 0.717) is 0 Å². The van der Waals surface area contributed by atoms with Gasteiger partial charge in [-0.15, -0.1) is 0 Å². The van der Waals surface area contributed by atoms with Crippen molar-refractivity contribution in [1.82, 2.24) is 0 Å². The lowest BCUT2D eigenvalue weighted by Gasteiger charge is -2.28.